The second kappa shape index (κ2) is 3.02. The van der Waals surface area contributed by atoms with E-state index in [1.54, 1.807) is 18.2 Å². The van der Waals surface area contributed by atoms with Gasteiger partial charge in [0.1, 0.15) is 5.58 Å². The molecule has 0 aliphatic rings. The van der Waals surface area contributed by atoms with E-state index in [9.17, 15) is 4.79 Å². The van der Waals surface area contributed by atoms with Crippen molar-refractivity contribution >= 4 is 39.2 Å². The van der Waals surface area contributed by atoms with E-state index in [1.165, 1.54) is 0 Å². The van der Waals surface area contributed by atoms with Crippen molar-refractivity contribution in [3.05, 3.63) is 38.3 Å². The Morgan fingerprint density at radius 3 is 2.85 bits per heavy atom. The smallest absolute Gasteiger partial charge is 0.349 e. The van der Waals surface area contributed by atoms with Crippen LogP contribution >= 0.6 is 22.6 Å². The number of anilines is 1. The van der Waals surface area contributed by atoms with Crippen molar-refractivity contribution in [2.75, 3.05) is 5.73 Å². The van der Waals surface area contributed by atoms with E-state index in [-0.39, 0.29) is 5.63 Å². The summed E-state index contributed by atoms with van der Waals surface area (Å²) in [7, 11) is 0. The predicted molar refractivity (Wildman–Crippen MR) is 59.6 cm³/mol. The van der Waals surface area contributed by atoms with Crippen LogP contribution < -0.4 is 11.4 Å². The van der Waals surface area contributed by atoms with Crippen LogP contribution in [0.3, 0.4) is 0 Å². The summed E-state index contributed by atoms with van der Waals surface area (Å²) in [5.41, 5.74) is 6.35. The molecule has 1 aromatic carbocycles. The third kappa shape index (κ3) is 1.53. The Bertz CT molecular complexity index is 518. The molecular formula is C9H6INO2. The van der Waals surface area contributed by atoms with Crippen molar-refractivity contribution in [2.24, 2.45) is 0 Å². The lowest BCUT2D eigenvalue weighted by molar-refractivity contribution is 0.556. The fraction of sp³-hybridized carbons (Fsp3) is 0. The first-order valence-electron chi connectivity index (χ1n) is 3.66. The van der Waals surface area contributed by atoms with Crippen molar-refractivity contribution in [3.63, 3.8) is 0 Å². The first-order chi connectivity index (χ1) is 6.16. The molecule has 0 fully saturated rings. The molecule has 0 radical (unpaired) electrons. The number of benzene rings is 1. The van der Waals surface area contributed by atoms with Gasteiger partial charge in [0.2, 0.25) is 0 Å². The van der Waals surface area contributed by atoms with Crippen LogP contribution in [0.1, 0.15) is 0 Å². The summed E-state index contributed by atoms with van der Waals surface area (Å²) in [5, 5.41) is 0.887. The van der Waals surface area contributed by atoms with Crippen molar-refractivity contribution < 1.29 is 4.42 Å². The van der Waals surface area contributed by atoms with Crippen molar-refractivity contribution in [1.29, 1.82) is 0 Å². The molecule has 13 heavy (non-hydrogen) atoms. The Balaban J connectivity index is 2.89. The highest BCUT2D eigenvalue weighted by Crippen LogP contribution is 2.17. The Labute approximate surface area is 87.7 Å². The summed E-state index contributed by atoms with van der Waals surface area (Å²) in [6.45, 7) is 0. The molecular weight excluding hydrogens is 281 g/mol. The number of fused-ring (bicyclic) bond motifs is 1. The van der Waals surface area contributed by atoms with E-state index >= 15 is 0 Å². The molecule has 0 atom stereocenters. The lowest BCUT2D eigenvalue weighted by Crippen LogP contribution is -2.01. The maximum Gasteiger partial charge on any atom is 0.349 e. The van der Waals surface area contributed by atoms with Gasteiger partial charge >= 0.3 is 5.63 Å². The molecule has 66 valence electrons. The van der Waals surface area contributed by atoms with Gasteiger partial charge in [0.25, 0.3) is 0 Å². The molecule has 0 aliphatic heterocycles. The molecule has 4 heteroatoms. The Hall–Kier alpha value is -1.04. The van der Waals surface area contributed by atoms with E-state index < -0.39 is 0 Å². The van der Waals surface area contributed by atoms with E-state index in [0.29, 0.717) is 14.8 Å². The lowest BCUT2D eigenvalue weighted by Gasteiger charge is -1.97. The highest BCUT2D eigenvalue weighted by atomic mass is 127. The Morgan fingerprint density at radius 1 is 1.31 bits per heavy atom. The minimum atomic E-state index is -0.321. The fourth-order valence-electron chi connectivity index (χ4n) is 1.10. The van der Waals surface area contributed by atoms with Gasteiger partial charge in [-0.25, -0.2) is 4.79 Å². The molecule has 2 N–H and O–H groups in total. The van der Waals surface area contributed by atoms with Crippen LogP contribution in [-0.4, -0.2) is 0 Å². The van der Waals surface area contributed by atoms with Gasteiger partial charge in [-0.2, -0.15) is 0 Å². The first-order valence-corrected chi connectivity index (χ1v) is 4.73. The van der Waals surface area contributed by atoms with Gasteiger partial charge in [-0.05, 0) is 40.8 Å². The molecule has 2 rings (SSSR count). The van der Waals surface area contributed by atoms with Gasteiger partial charge < -0.3 is 10.2 Å². The van der Waals surface area contributed by atoms with Crippen LogP contribution in [0, 0.1) is 3.57 Å². The summed E-state index contributed by atoms with van der Waals surface area (Å²) in [5.74, 6) is 0. The molecule has 0 unspecified atom stereocenters. The van der Waals surface area contributed by atoms with Gasteiger partial charge in [-0.15, -0.1) is 0 Å². The SMILES string of the molecule is Nc1ccc2cc(I)c(=O)oc2c1. The quantitative estimate of drug-likeness (QED) is 0.458. The molecule has 0 spiro atoms. The second-order valence-electron chi connectivity index (χ2n) is 2.68. The minimum Gasteiger partial charge on any atom is -0.422 e. The molecule has 2 aromatic rings. The Morgan fingerprint density at radius 2 is 2.08 bits per heavy atom. The zero-order valence-corrected chi connectivity index (χ0v) is 8.74. The zero-order chi connectivity index (χ0) is 9.42. The Kier molecular flexibility index (Phi) is 1.99. The molecule has 0 saturated carbocycles. The highest BCUT2D eigenvalue weighted by molar-refractivity contribution is 14.1. The number of halogens is 1. The maximum atomic E-state index is 11.1. The topological polar surface area (TPSA) is 56.2 Å². The maximum absolute atomic E-state index is 11.1. The molecule has 1 heterocycles. The summed E-state index contributed by atoms with van der Waals surface area (Å²) < 4.78 is 5.61. The number of rotatable bonds is 0. The summed E-state index contributed by atoms with van der Waals surface area (Å²) in [6.07, 6.45) is 0. The normalized spacial score (nSPS) is 10.5. The van der Waals surface area contributed by atoms with Crippen LogP contribution in [0.5, 0.6) is 0 Å². The largest absolute Gasteiger partial charge is 0.422 e. The van der Waals surface area contributed by atoms with Crippen LogP contribution in [0.15, 0.2) is 33.5 Å². The molecule has 0 bridgehead atoms. The number of hydrogen-bond donors (Lipinski definition) is 1. The van der Waals surface area contributed by atoms with Crippen molar-refractivity contribution in [2.45, 2.75) is 0 Å². The molecule has 3 nitrogen and oxygen atoms in total. The van der Waals surface area contributed by atoms with Crippen LogP contribution in [-0.2, 0) is 0 Å². The molecule has 1 aromatic heterocycles. The summed E-state index contributed by atoms with van der Waals surface area (Å²) in [4.78, 5) is 11.1. The van der Waals surface area contributed by atoms with Gasteiger partial charge in [-0.3, -0.25) is 0 Å². The van der Waals surface area contributed by atoms with E-state index in [4.69, 9.17) is 10.2 Å². The molecule has 0 aliphatic carbocycles. The van der Waals surface area contributed by atoms with E-state index in [2.05, 4.69) is 0 Å². The van der Waals surface area contributed by atoms with Crippen molar-refractivity contribution in [3.8, 4) is 0 Å². The number of hydrogen-bond acceptors (Lipinski definition) is 3. The van der Waals surface area contributed by atoms with Gasteiger partial charge in [0, 0.05) is 17.1 Å². The van der Waals surface area contributed by atoms with Gasteiger partial charge in [0.05, 0.1) is 3.57 Å². The molecule has 0 saturated heterocycles. The third-order valence-corrected chi connectivity index (χ3v) is 2.47. The summed E-state index contributed by atoms with van der Waals surface area (Å²) >= 11 is 1.94. The van der Waals surface area contributed by atoms with E-state index in [1.807, 2.05) is 28.7 Å². The van der Waals surface area contributed by atoms with E-state index in [0.717, 1.165) is 5.39 Å². The highest BCUT2D eigenvalue weighted by Gasteiger charge is 2.01. The average molecular weight is 287 g/mol. The first kappa shape index (κ1) is 8.55. The number of nitrogen functional groups attached to an aromatic ring is 1. The number of nitrogens with two attached hydrogens (primary N) is 1. The average Bonchev–Trinajstić information content (AvgIpc) is 2.08. The fourth-order valence-corrected chi connectivity index (χ4v) is 1.55. The minimum absolute atomic E-state index is 0.321. The van der Waals surface area contributed by atoms with Crippen LogP contribution in [0.25, 0.3) is 11.0 Å². The van der Waals surface area contributed by atoms with Crippen LogP contribution in [0.2, 0.25) is 0 Å². The third-order valence-electron chi connectivity index (χ3n) is 1.72. The summed E-state index contributed by atoms with van der Waals surface area (Å²) in [6, 6.07) is 7.03. The molecule has 0 amide bonds. The standard InChI is InChI=1S/C9H6INO2/c10-7-3-5-1-2-6(11)4-8(5)13-9(7)12/h1-4H,11H2. The predicted octanol–water partition coefficient (Wildman–Crippen LogP) is 1.98. The van der Waals surface area contributed by atoms with Gasteiger partial charge in [-0.1, -0.05) is 0 Å². The monoisotopic (exact) mass is 287 g/mol. The second-order valence-corrected chi connectivity index (χ2v) is 3.84. The van der Waals surface area contributed by atoms with Crippen molar-refractivity contribution in [1.82, 2.24) is 0 Å². The van der Waals surface area contributed by atoms with Gasteiger partial charge in [0.15, 0.2) is 0 Å². The van der Waals surface area contributed by atoms with Crippen LogP contribution in [0.4, 0.5) is 5.69 Å². The zero-order valence-electron chi connectivity index (χ0n) is 6.58. The lowest BCUT2D eigenvalue weighted by atomic mass is 10.2.